The van der Waals surface area contributed by atoms with Crippen LogP contribution in [0.4, 0.5) is 0 Å². The zero-order valence-corrected chi connectivity index (χ0v) is 12.8. The number of rotatable bonds is 4. The number of aryl methyl sites for hydroxylation is 1. The second kappa shape index (κ2) is 6.34. The van der Waals surface area contributed by atoms with Crippen molar-refractivity contribution in [2.24, 2.45) is 0 Å². The van der Waals surface area contributed by atoms with E-state index < -0.39 is 0 Å². The summed E-state index contributed by atoms with van der Waals surface area (Å²) in [6, 6.07) is 0.307. The van der Waals surface area contributed by atoms with Crippen molar-refractivity contribution >= 4 is 17.2 Å². The summed E-state index contributed by atoms with van der Waals surface area (Å²) in [5, 5.41) is 6.93. The third kappa shape index (κ3) is 3.47. The number of hydrogen-bond donors (Lipinski definition) is 1. The second-order valence-electron chi connectivity index (χ2n) is 5.36. The van der Waals surface area contributed by atoms with Crippen LogP contribution in [0.25, 0.3) is 10.8 Å². The third-order valence-electron chi connectivity index (χ3n) is 3.70. The van der Waals surface area contributed by atoms with Gasteiger partial charge in [0.15, 0.2) is 5.82 Å². The van der Waals surface area contributed by atoms with Crippen LogP contribution in [0.15, 0.2) is 10.0 Å². The van der Waals surface area contributed by atoms with Gasteiger partial charge in [-0.25, -0.2) is 4.98 Å². The molecule has 0 bridgehead atoms. The Morgan fingerprint density at radius 2 is 2.24 bits per heavy atom. The molecule has 2 heterocycles. The molecule has 1 amide bonds. The van der Waals surface area contributed by atoms with Crippen LogP contribution in [0.5, 0.6) is 0 Å². The lowest BCUT2D eigenvalue weighted by Gasteiger charge is -2.22. The molecule has 0 aromatic carbocycles. The highest BCUT2D eigenvalue weighted by atomic mass is 32.1. The van der Waals surface area contributed by atoms with E-state index in [0.29, 0.717) is 17.8 Å². The molecule has 21 heavy (non-hydrogen) atoms. The average molecular weight is 306 g/mol. The fraction of sp³-hybridized carbons (Fsp3) is 0.571. The first-order valence-electron chi connectivity index (χ1n) is 7.25. The molecule has 112 valence electrons. The molecule has 1 aliphatic carbocycles. The first-order chi connectivity index (χ1) is 10.2. The van der Waals surface area contributed by atoms with E-state index in [1.165, 1.54) is 30.6 Å². The van der Waals surface area contributed by atoms with E-state index in [4.69, 9.17) is 4.52 Å². The lowest BCUT2D eigenvalue weighted by molar-refractivity contribution is -0.121. The van der Waals surface area contributed by atoms with Crippen molar-refractivity contribution in [2.75, 3.05) is 0 Å². The van der Waals surface area contributed by atoms with Gasteiger partial charge in [0.1, 0.15) is 4.88 Å². The molecule has 1 aliphatic rings. The number of hydrogen-bond acceptors (Lipinski definition) is 6. The van der Waals surface area contributed by atoms with Crippen molar-refractivity contribution in [2.45, 2.75) is 51.5 Å². The molecular weight excluding hydrogens is 288 g/mol. The van der Waals surface area contributed by atoms with Crippen LogP contribution in [-0.4, -0.2) is 27.1 Å². The normalized spacial score (nSPS) is 16.0. The van der Waals surface area contributed by atoms with E-state index in [-0.39, 0.29) is 12.3 Å². The average Bonchev–Trinajstić information content (AvgIpc) is 3.08. The van der Waals surface area contributed by atoms with Gasteiger partial charge in [-0.3, -0.25) is 4.79 Å². The first kappa shape index (κ1) is 14.2. The maximum atomic E-state index is 12.0. The molecule has 0 spiro atoms. The number of carbonyl (C=O) groups excluding carboxylic acids is 1. The molecule has 1 saturated carbocycles. The van der Waals surface area contributed by atoms with Crippen molar-refractivity contribution in [1.29, 1.82) is 0 Å². The number of nitrogens with one attached hydrogen (secondary N) is 1. The Bertz CT molecular complexity index is 616. The van der Waals surface area contributed by atoms with Gasteiger partial charge in [-0.1, -0.05) is 24.4 Å². The van der Waals surface area contributed by atoms with Gasteiger partial charge in [0.05, 0.1) is 17.6 Å². The largest absolute Gasteiger partial charge is 0.353 e. The van der Waals surface area contributed by atoms with Crippen molar-refractivity contribution in [3.8, 4) is 10.8 Å². The highest BCUT2D eigenvalue weighted by Gasteiger charge is 2.19. The van der Waals surface area contributed by atoms with E-state index in [1.54, 1.807) is 5.51 Å². The van der Waals surface area contributed by atoms with E-state index in [2.05, 4.69) is 20.4 Å². The van der Waals surface area contributed by atoms with E-state index in [0.717, 1.165) is 23.4 Å². The molecule has 1 N–H and O–H groups in total. The number of thiazole rings is 1. The van der Waals surface area contributed by atoms with Crippen molar-refractivity contribution in [1.82, 2.24) is 20.4 Å². The Morgan fingerprint density at radius 3 is 2.95 bits per heavy atom. The van der Waals surface area contributed by atoms with Gasteiger partial charge in [0, 0.05) is 6.04 Å². The number of amides is 1. The molecule has 0 radical (unpaired) electrons. The van der Waals surface area contributed by atoms with Gasteiger partial charge in [-0.15, -0.1) is 11.3 Å². The monoisotopic (exact) mass is 306 g/mol. The van der Waals surface area contributed by atoms with Gasteiger partial charge in [0.25, 0.3) is 5.89 Å². The Labute approximate surface area is 127 Å². The van der Waals surface area contributed by atoms with Crippen LogP contribution in [-0.2, 0) is 11.2 Å². The lowest BCUT2D eigenvalue weighted by Crippen LogP contribution is -2.37. The van der Waals surface area contributed by atoms with Gasteiger partial charge in [-0.05, 0) is 19.8 Å². The van der Waals surface area contributed by atoms with E-state index in [1.807, 2.05) is 6.92 Å². The molecule has 0 saturated heterocycles. The minimum absolute atomic E-state index is 0.0322. The van der Waals surface area contributed by atoms with Gasteiger partial charge in [-0.2, -0.15) is 4.98 Å². The predicted molar refractivity (Wildman–Crippen MR) is 78.9 cm³/mol. The van der Waals surface area contributed by atoms with E-state index >= 15 is 0 Å². The zero-order chi connectivity index (χ0) is 14.7. The molecule has 1 fully saturated rings. The molecule has 2 aromatic heterocycles. The fourth-order valence-electron chi connectivity index (χ4n) is 2.59. The summed E-state index contributed by atoms with van der Waals surface area (Å²) in [4.78, 5) is 21.3. The summed E-state index contributed by atoms with van der Waals surface area (Å²) < 4.78 is 5.21. The highest BCUT2D eigenvalue weighted by molar-refractivity contribution is 7.13. The lowest BCUT2D eigenvalue weighted by atomic mass is 9.95. The van der Waals surface area contributed by atoms with Crippen LogP contribution < -0.4 is 5.32 Å². The topological polar surface area (TPSA) is 80.9 Å². The quantitative estimate of drug-likeness (QED) is 0.938. The second-order valence-corrected chi connectivity index (χ2v) is 6.22. The van der Waals surface area contributed by atoms with Crippen LogP contribution in [0.3, 0.4) is 0 Å². The van der Waals surface area contributed by atoms with Gasteiger partial charge in [0.2, 0.25) is 5.91 Å². The number of carbonyl (C=O) groups is 1. The molecule has 6 nitrogen and oxygen atoms in total. The molecule has 0 aliphatic heterocycles. The minimum atomic E-state index is -0.0322. The van der Waals surface area contributed by atoms with Gasteiger partial charge >= 0.3 is 0 Å². The standard InChI is InChI=1S/C14H18N4O2S/c1-9-13(21-8-15-9)14-17-11(18-20-14)7-12(19)16-10-5-3-2-4-6-10/h8,10H,2-7H2,1H3,(H,16,19). The SMILES string of the molecule is Cc1ncsc1-c1nc(CC(=O)NC2CCCCC2)no1. The van der Waals surface area contributed by atoms with Crippen molar-refractivity contribution < 1.29 is 9.32 Å². The summed E-state index contributed by atoms with van der Waals surface area (Å²) in [5.74, 6) is 0.830. The van der Waals surface area contributed by atoms with E-state index in [9.17, 15) is 4.79 Å². The summed E-state index contributed by atoms with van der Waals surface area (Å²) in [6.45, 7) is 1.89. The van der Waals surface area contributed by atoms with Gasteiger partial charge < -0.3 is 9.84 Å². The third-order valence-corrected chi connectivity index (χ3v) is 4.61. The Morgan fingerprint density at radius 1 is 1.43 bits per heavy atom. The van der Waals surface area contributed by atoms with Crippen molar-refractivity contribution in [3.63, 3.8) is 0 Å². The van der Waals surface area contributed by atoms with Crippen LogP contribution >= 0.6 is 11.3 Å². The predicted octanol–water partition coefficient (Wildman–Crippen LogP) is 2.49. The highest BCUT2D eigenvalue weighted by Crippen LogP contribution is 2.25. The van der Waals surface area contributed by atoms with Crippen molar-refractivity contribution in [3.05, 3.63) is 17.0 Å². The fourth-order valence-corrected chi connectivity index (χ4v) is 3.32. The molecule has 7 heteroatoms. The Hall–Kier alpha value is -1.76. The summed E-state index contributed by atoms with van der Waals surface area (Å²) in [5.41, 5.74) is 2.60. The van der Waals surface area contributed by atoms with Crippen LogP contribution in [0.2, 0.25) is 0 Å². The summed E-state index contributed by atoms with van der Waals surface area (Å²) in [6.07, 6.45) is 5.98. The van der Waals surface area contributed by atoms with Crippen LogP contribution in [0, 0.1) is 6.92 Å². The maximum absolute atomic E-state index is 12.0. The maximum Gasteiger partial charge on any atom is 0.269 e. The molecule has 0 atom stereocenters. The zero-order valence-electron chi connectivity index (χ0n) is 12.0. The number of aromatic nitrogens is 3. The smallest absolute Gasteiger partial charge is 0.269 e. The minimum Gasteiger partial charge on any atom is -0.353 e. The molecule has 3 rings (SSSR count). The first-order valence-corrected chi connectivity index (χ1v) is 8.13. The molecule has 0 unspecified atom stereocenters. The summed E-state index contributed by atoms with van der Waals surface area (Å²) >= 11 is 1.46. The Balaban J connectivity index is 1.59. The summed E-state index contributed by atoms with van der Waals surface area (Å²) in [7, 11) is 0. The molecular formula is C14H18N4O2S. The molecule has 2 aromatic rings. The Kier molecular flexibility index (Phi) is 4.28. The number of nitrogens with zero attached hydrogens (tertiary/aromatic N) is 3. The van der Waals surface area contributed by atoms with Crippen LogP contribution in [0.1, 0.15) is 43.6 Å².